The maximum absolute atomic E-state index is 5.18. The van der Waals surface area contributed by atoms with Crippen LogP contribution in [-0.4, -0.2) is 31.1 Å². The van der Waals surface area contributed by atoms with Crippen LogP contribution in [0.3, 0.4) is 0 Å². The zero-order valence-electron chi connectivity index (χ0n) is 6.82. The van der Waals surface area contributed by atoms with E-state index in [1.807, 2.05) is 0 Å². The molecule has 1 atom stereocenters. The molecule has 11 heavy (non-hydrogen) atoms. The Kier molecular flexibility index (Phi) is 4.67. The van der Waals surface area contributed by atoms with Gasteiger partial charge < -0.3 is 9.08 Å². The van der Waals surface area contributed by atoms with Gasteiger partial charge in [-0.05, 0) is 26.4 Å². The summed E-state index contributed by atoms with van der Waals surface area (Å²) in [7, 11) is 2.16. The Morgan fingerprint density at radius 3 is 3.09 bits per heavy atom. The largest absolute Gasteiger partial charge is 0.304 e. The van der Waals surface area contributed by atoms with Crippen LogP contribution >= 0.6 is 22.7 Å². The Balaban J connectivity index is 2.18. The lowest BCUT2D eigenvalue weighted by Crippen LogP contribution is -2.38. The lowest BCUT2D eigenvalue weighted by atomic mass is 10.0. The zero-order chi connectivity index (χ0) is 8.10. The molecule has 0 aliphatic carbocycles. The SMILES string of the molecule is CN1CCCC[C@@H]1COSS. The van der Waals surface area contributed by atoms with Crippen molar-refractivity contribution in [2.75, 3.05) is 20.2 Å². The van der Waals surface area contributed by atoms with Crippen LogP contribution in [0.25, 0.3) is 0 Å². The topological polar surface area (TPSA) is 12.5 Å². The number of thiol groups is 1. The summed E-state index contributed by atoms with van der Waals surface area (Å²) in [6.45, 7) is 2.02. The summed E-state index contributed by atoms with van der Waals surface area (Å²) in [6, 6.07) is 0.614. The summed E-state index contributed by atoms with van der Waals surface area (Å²) >= 11 is 5.09. The molecule has 0 aromatic rings. The van der Waals surface area contributed by atoms with Crippen molar-refractivity contribution < 1.29 is 4.18 Å². The molecule has 1 heterocycles. The average molecular weight is 193 g/mol. The molecule has 1 rings (SSSR count). The number of hydrogen-bond acceptors (Lipinski definition) is 4. The molecule has 1 saturated heterocycles. The average Bonchev–Trinajstić information content (AvgIpc) is 2.03. The van der Waals surface area contributed by atoms with Crippen LogP contribution in [0.1, 0.15) is 19.3 Å². The summed E-state index contributed by atoms with van der Waals surface area (Å²) < 4.78 is 5.18. The second-order valence-corrected chi connectivity index (χ2v) is 3.82. The number of nitrogens with zero attached hydrogens (tertiary/aromatic N) is 1. The van der Waals surface area contributed by atoms with Crippen LogP contribution in [0.2, 0.25) is 0 Å². The fourth-order valence-corrected chi connectivity index (χ4v) is 1.86. The predicted molar refractivity (Wildman–Crippen MR) is 52.8 cm³/mol. The molecular weight excluding hydrogens is 178 g/mol. The molecule has 66 valence electrons. The van der Waals surface area contributed by atoms with Crippen LogP contribution < -0.4 is 0 Å². The first-order valence-electron chi connectivity index (χ1n) is 3.98. The fraction of sp³-hybridized carbons (Fsp3) is 1.00. The Morgan fingerprint density at radius 2 is 2.45 bits per heavy atom. The third-order valence-electron chi connectivity index (χ3n) is 2.23. The molecule has 0 radical (unpaired) electrons. The minimum atomic E-state index is 0.614. The fourth-order valence-electron chi connectivity index (χ4n) is 1.46. The molecule has 0 bridgehead atoms. The highest BCUT2D eigenvalue weighted by molar-refractivity contribution is 8.66. The van der Waals surface area contributed by atoms with E-state index in [1.165, 1.54) is 36.9 Å². The summed E-state index contributed by atoms with van der Waals surface area (Å²) in [6.07, 6.45) is 3.95. The van der Waals surface area contributed by atoms with Crippen LogP contribution in [0, 0.1) is 0 Å². The number of likely N-dealkylation sites (tertiary alicyclic amines) is 1. The minimum Gasteiger partial charge on any atom is -0.304 e. The molecular formula is C7H15NOS2. The predicted octanol–water partition coefficient (Wildman–Crippen LogP) is 1.98. The monoisotopic (exact) mass is 193 g/mol. The maximum atomic E-state index is 5.18. The molecule has 0 amide bonds. The van der Waals surface area contributed by atoms with E-state index < -0.39 is 0 Å². The van der Waals surface area contributed by atoms with E-state index in [1.54, 1.807) is 0 Å². The molecule has 0 spiro atoms. The summed E-state index contributed by atoms with van der Waals surface area (Å²) in [5.41, 5.74) is 0. The Labute approximate surface area is 77.7 Å². The van der Waals surface area contributed by atoms with E-state index in [0.717, 1.165) is 6.61 Å². The number of hydrogen-bond donors (Lipinski definition) is 1. The number of piperidine rings is 1. The third-order valence-corrected chi connectivity index (χ3v) is 2.79. The Hall–Kier alpha value is 0.620. The van der Waals surface area contributed by atoms with Crippen LogP contribution in [0.4, 0.5) is 0 Å². The van der Waals surface area contributed by atoms with Gasteiger partial charge in [0.1, 0.15) is 0 Å². The zero-order valence-corrected chi connectivity index (χ0v) is 8.53. The van der Waals surface area contributed by atoms with Crippen molar-refractivity contribution >= 4 is 22.7 Å². The van der Waals surface area contributed by atoms with Crippen molar-refractivity contribution in [3.05, 3.63) is 0 Å². The third kappa shape index (κ3) is 3.23. The van der Waals surface area contributed by atoms with Crippen LogP contribution in [0.5, 0.6) is 0 Å². The second kappa shape index (κ2) is 5.30. The molecule has 0 aromatic carbocycles. The van der Waals surface area contributed by atoms with E-state index >= 15 is 0 Å². The smallest absolute Gasteiger partial charge is 0.0779 e. The number of likely N-dealkylation sites (N-methyl/N-ethyl adjacent to an activating group) is 1. The molecule has 2 nitrogen and oxygen atoms in total. The molecule has 1 aliphatic heterocycles. The first kappa shape index (κ1) is 9.71. The lowest BCUT2D eigenvalue weighted by Gasteiger charge is -2.31. The molecule has 1 fully saturated rings. The van der Waals surface area contributed by atoms with Gasteiger partial charge in [0.25, 0.3) is 0 Å². The van der Waals surface area contributed by atoms with Crippen molar-refractivity contribution in [3.8, 4) is 0 Å². The lowest BCUT2D eigenvalue weighted by molar-refractivity contribution is 0.137. The highest BCUT2D eigenvalue weighted by Gasteiger charge is 2.18. The van der Waals surface area contributed by atoms with Gasteiger partial charge in [0.05, 0.1) is 17.7 Å². The summed E-state index contributed by atoms with van der Waals surface area (Å²) in [5.74, 6) is 0. The van der Waals surface area contributed by atoms with E-state index in [9.17, 15) is 0 Å². The van der Waals surface area contributed by atoms with Gasteiger partial charge in [0.15, 0.2) is 0 Å². The van der Waals surface area contributed by atoms with Gasteiger partial charge in [-0.1, -0.05) is 18.1 Å². The van der Waals surface area contributed by atoms with Gasteiger partial charge in [-0.2, -0.15) is 0 Å². The van der Waals surface area contributed by atoms with Gasteiger partial charge in [-0.15, -0.1) is 0 Å². The minimum absolute atomic E-state index is 0.614. The van der Waals surface area contributed by atoms with Gasteiger partial charge in [0, 0.05) is 6.04 Å². The van der Waals surface area contributed by atoms with Crippen LogP contribution in [0.15, 0.2) is 0 Å². The van der Waals surface area contributed by atoms with Crippen molar-refractivity contribution in [2.24, 2.45) is 0 Å². The van der Waals surface area contributed by atoms with Crippen molar-refractivity contribution in [1.82, 2.24) is 4.90 Å². The van der Waals surface area contributed by atoms with E-state index in [0.29, 0.717) is 6.04 Å². The standard InChI is InChI=1S/C7H15NOS2/c1-8-5-3-2-4-7(8)6-9-11-10/h7,10H,2-6H2,1H3/t7-/m1/s1. The second-order valence-electron chi connectivity index (χ2n) is 2.99. The highest BCUT2D eigenvalue weighted by atomic mass is 33.1. The first-order chi connectivity index (χ1) is 5.34. The van der Waals surface area contributed by atoms with Gasteiger partial charge in [-0.25, -0.2) is 0 Å². The summed E-state index contributed by atoms with van der Waals surface area (Å²) in [5, 5.41) is 0. The number of rotatable bonds is 3. The first-order valence-corrected chi connectivity index (χ1v) is 5.77. The molecule has 4 heteroatoms. The van der Waals surface area contributed by atoms with E-state index in [-0.39, 0.29) is 0 Å². The molecule has 1 aliphatic rings. The van der Waals surface area contributed by atoms with Crippen molar-refractivity contribution in [3.63, 3.8) is 0 Å². The van der Waals surface area contributed by atoms with Crippen molar-refractivity contribution in [2.45, 2.75) is 25.3 Å². The summed E-state index contributed by atoms with van der Waals surface area (Å²) in [4.78, 5) is 2.37. The van der Waals surface area contributed by atoms with Gasteiger partial charge in [0.2, 0.25) is 0 Å². The van der Waals surface area contributed by atoms with Gasteiger partial charge >= 0.3 is 0 Å². The van der Waals surface area contributed by atoms with Crippen molar-refractivity contribution in [1.29, 1.82) is 0 Å². The molecule has 0 N–H and O–H groups in total. The highest BCUT2D eigenvalue weighted by Crippen LogP contribution is 2.17. The Morgan fingerprint density at radius 1 is 1.64 bits per heavy atom. The van der Waals surface area contributed by atoms with Gasteiger partial charge in [-0.3, -0.25) is 0 Å². The Bertz CT molecular complexity index is 113. The van der Waals surface area contributed by atoms with E-state index in [2.05, 4.69) is 23.6 Å². The normalized spacial score (nSPS) is 27.3. The molecule has 0 unspecified atom stereocenters. The van der Waals surface area contributed by atoms with Crippen LogP contribution in [-0.2, 0) is 4.18 Å². The quantitative estimate of drug-likeness (QED) is 0.418. The van der Waals surface area contributed by atoms with E-state index in [4.69, 9.17) is 4.18 Å². The maximum Gasteiger partial charge on any atom is 0.0779 e. The molecule has 0 saturated carbocycles. The molecule has 0 aromatic heterocycles.